The second-order valence-corrected chi connectivity index (χ2v) is 6.38. The molecule has 3 aromatic rings. The monoisotopic (exact) mass is 409 g/mol. The van der Waals surface area contributed by atoms with Gasteiger partial charge in [-0.2, -0.15) is 5.26 Å². The molecule has 0 bridgehead atoms. The zero-order valence-corrected chi connectivity index (χ0v) is 15.7. The van der Waals surface area contributed by atoms with E-state index < -0.39 is 23.6 Å². The number of anilines is 1. The lowest BCUT2D eigenvalue weighted by atomic mass is 10.1. The number of aromatic nitrogens is 2. The summed E-state index contributed by atoms with van der Waals surface area (Å²) in [5.41, 5.74) is 0.432. The number of carbonyl (C=O) groups is 2. The average Bonchev–Trinajstić information content (AvgIpc) is 3.25. The zero-order valence-electron chi connectivity index (χ0n) is 15.7. The van der Waals surface area contributed by atoms with Crippen LogP contribution in [0.5, 0.6) is 0 Å². The summed E-state index contributed by atoms with van der Waals surface area (Å²) in [5.74, 6) is -2.60. The second kappa shape index (κ2) is 9.43. The molecule has 7 nitrogen and oxygen atoms in total. The molecule has 3 rings (SSSR count). The summed E-state index contributed by atoms with van der Waals surface area (Å²) >= 11 is 0. The van der Waals surface area contributed by atoms with Gasteiger partial charge in [-0.15, -0.1) is 0 Å². The van der Waals surface area contributed by atoms with Crippen LogP contribution in [0, 0.1) is 23.0 Å². The van der Waals surface area contributed by atoms with Gasteiger partial charge in [-0.3, -0.25) is 9.59 Å². The van der Waals surface area contributed by atoms with E-state index in [1.54, 1.807) is 41.5 Å². The summed E-state index contributed by atoms with van der Waals surface area (Å²) < 4.78 is 28.8. The molecular weight excluding hydrogens is 392 g/mol. The first-order valence-corrected chi connectivity index (χ1v) is 8.97. The van der Waals surface area contributed by atoms with Gasteiger partial charge in [0, 0.05) is 48.2 Å². The Labute approximate surface area is 171 Å². The van der Waals surface area contributed by atoms with E-state index in [-0.39, 0.29) is 23.5 Å². The molecule has 2 aromatic carbocycles. The third-order valence-electron chi connectivity index (χ3n) is 4.24. The number of amides is 2. The lowest BCUT2D eigenvalue weighted by Crippen LogP contribution is -2.28. The van der Waals surface area contributed by atoms with Gasteiger partial charge < -0.3 is 15.2 Å². The maximum Gasteiger partial charge on any atom is 0.252 e. The number of hydrogen-bond acceptors (Lipinski definition) is 4. The summed E-state index contributed by atoms with van der Waals surface area (Å²) in [6.07, 6.45) is 5.18. The molecule has 2 N–H and O–H groups in total. The van der Waals surface area contributed by atoms with Crippen molar-refractivity contribution in [2.24, 2.45) is 0 Å². The van der Waals surface area contributed by atoms with Gasteiger partial charge >= 0.3 is 0 Å². The quantitative estimate of drug-likeness (QED) is 0.626. The topological polar surface area (TPSA) is 99.8 Å². The molecule has 1 unspecified atom stereocenters. The minimum Gasteiger partial charge on any atom is -0.337 e. The van der Waals surface area contributed by atoms with Crippen LogP contribution < -0.4 is 10.6 Å². The van der Waals surface area contributed by atoms with Crippen molar-refractivity contribution in [1.82, 2.24) is 14.9 Å². The molecule has 0 saturated heterocycles. The maximum atomic E-state index is 13.9. The summed E-state index contributed by atoms with van der Waals surface area (Å²) in [6, 6.07) is 9.37. The SMILES string of the molecule is N#CC(NC(=O)c1cccc(NC(=O)CCn2ccnc2)c1)c1ccc(F)cc1F. The van der Waals surface area contributed by atoms with Gasteiger partial charge in [0.05, 0.1) is 12.4 Å². The Hall–Kier alpha value is -4.06. The number of imidazole rings is 1. The summed E-state index contributed by atoms with van der Waals surface area (Å²) in [7, 11) is 0. The second-order valence-electron chi connectivity index (χ2n) is 6.38. The van der Waals surface area contributed by atoms with Crippen molar-refractivity contribution >= 4 is 17.5 Å². The lowest BCUT2D eigenvalue weighted by molar-refractivity contribution is -0.116. The summed E-state index contributed by atoms with van der Waals surface area (Å²) in [5, 5.41) is 14.4. The van der Waals surface area contributed by atoms with Crippen LogP contribution in [-0.2, 0) is 11.3 Å². The predicted molar refractivity (Wildman–Crippen MR) is 104 cm³/mol. The van der Waals surface area contributed by atoms with E-state index in [0.29, 0.717) is 18.3 Å². The smallest absolute Gasteiger partial charge is 0.252 e. The number of carbonyl (C=O) groups excluding carboxylic acids is 2. The van der Waals surface area contributed by atoms with E-state index in [0.717, 1.165) is 12.1 Å². The number of nitrogens with one attached hydrogen (secondary N) is 2. The third kappa shape index (κ3) is 5.26. The fraction of sp³-hybridized carbons (Fsp3) is 0.143. The first-order chi connectivity index (χ1) is 14.5. The molecule has 1 heterocycles. The average molecular weight is 409 g/mol. The normalized spacial score (nSPS) is 11.4. The Bertz CT molecular complexity index is 1090. The molecule has 9 heteroatoms. The molecule has 1 atom stereocenters. The molecule has 0 aliphatic heterocycles. The van der Waals surface area contributed by atoms with Gasteiger partial charge in [0.15, 0.2) is 0 Å². The minimum absolute atomic E-state index is 0.142. The number of nitriles is 1. The highest BCUT2D eigenvalue weighted by Crippen LogP contribution is 2.19. The molecule has 152 valence electrons. The van der Waals surface area contributed by atoms with Crippen molar-refractivity contribution in [3.05, 3.63) is 83.9 Å². The highest BCUT2D eigenvalue weighted by Gasteiger charge is 2.19. The third-order valence-corrected chi connectivity index (χ3v) is 4.24. The van der Waals surface area contributed by atoms with Crippen LogP contribution in [0.15, 0.2) is 61.2 Å². The number of hydrogen-bond donors (Lipinski definition) is 2. The van der Waals surface area contributed by atoms with Crippen LogP contribution in [0.4, 0.5) is 14.5 Å². The summed E-state index contributed by atoms with van der Waals surface area (Å²) in [4.78, 5) is 28.5. The van der Waals surface area contributed by atoms with Crippen LogP contribution in [0.2, 0.25) is 0 Å². The number of halogens is 2. The number of rotatable bonds is 7. The van der Waals surface area contributed by atoms with E-state index in [4.69, 9.17) is 0 Å². The van der Waals surface area contributed by atoms with Gasteiger partial charge in [0.1, 0.15) is 17.7 Å². The highest BCUT2D eigenvalue weighted by atomic mass is 19.1. The van der Waals surface area contributed by atoms with E-state index in [9.17, 15) is 23.6 Å². The molecule has 0 fully saturated rings. The molecule has 0 saturated carbocycles. The Morgan fingerprint density at radius 2 is 2.03 bits per heavy atom. The van der Waals surface area contributed by atoms with Gasteiger partial charge in [0.25, 0.3) is 5.91 Å². The van der Waals surface area contributed by atoms with Crippen molar-refractivity contribution in [3.8, 4) is 6.07 Å². The van der Waals surface area contributed by atoms with E-state index in [1.807, 2.05) is 0 Å². The van der Waals surface area contributed by atoms with Gasteiger partial charge in [-0.05, 0) is 24.3 Å². The van der Waals surface area contributed by atoms with Crippen LogP contribution in [0.25, 0.3) is 0 Å². The van der Waals surface area contributed by atoms with Crippen LogP contribution >= 0.6 is 0 Å². The fourth-order valence-corrected chi connectivity index (χ4v) is 2.74. The highest BCUT2D eigenvalue weighted by molar-refractivity contribution is 5.97. The number of benzene rings is 2. The fourth-order valence-electron chi connectivity index (χ4n) is 2.74. The van der Waals surface area contributed by atoms with Gasteiger partial charge in [-0.25, -0.2) is 13.8 Å². The number of aryl methyl sites for hydroxylation is 1. The van der Waals surface area contributed by atoms with Crippen molar-refractivity contribution < 1.29 is 18.4 Å². The molecule has 0 spiro atoms. The zero-order chi connectivity index (χ0) is 21.5. The van der Waals surface area contributed by atoms with Crippen molar-refractivity contribution in [2.75, 3.05) is 5.32 Å². The van der Waals surface area contributed by atoms with Crippen molar-refractivity contribution in [3.63, 3.8) is 0 Å². The van der Waals surface area contributed by atoms with Crippen molar-refractivity contribution in [1.29, 1.82) is 5.26 Å². The Morgan fingerprint density at radius 3 is 2.73 bits per heavy atom. The molecule has 2 amide bonds. The van der Waals surface area contributed by atoms with E-state index in [2.05, 4.69) is 15.6 Å². The Kier molecular flexibility index (Phi) is 6.49. The molecule has 30 heavy (non-hydrogen) atoms. The van der Waals surface area contributed by atoms with Gasteiger partial charge in [-0.1, -0.05) is 12.1 Å². The van der Waals surface area contributed by atoms with Crippen LogP contribution in [0.1, 0.15) is 28.4 Å². The predicted octanol–water partition coefficient (Wildman–Crippen LogP) is 3.18. The van der Waals surface area contributed by atoms with E-state index >= 15 is 0 Å². The minimum atomic E-state index is -1.30. The van der Waals surface area contributed by atoms with Crippen LogP contribution in [0.3, 0.4) is 0 Å². The first-order valence-electron chi connectivity index (χ1n) is 8.97. The van der Waals surface area contributed by atoms with E-state index in [1.165, 1.54) is 12.1 Å². The largest absolute Gasteiger partial charge is 0.337 e. The Balaban J connectivity index is 1.64. The number of nitrogens with zero attached hydrogens (tertiary/aromatic N) is 3. The molecular formula is C21H17F2N5O2. The molecule has 1 aromatic heterocycles. The van der Waals surface area contributed by atoms with Crippen molar-refractivity contribution in [2.45, 2.75) is 19.0 Å². The summed E-state index contributed by atoms with van der Waals surface area (Å²) in [6.45, 7) is 0.457. The van der Waals surface area contributed by atoms with Gasteiger partial charge in [0.2, 0.25) is 5.91 Å². The Morgan fingerprint density at radius 1 is 1.20 bits per heavy atom. The lowest BCUT2D eigenvalue weighted by Gasteiger charge is -2.13. The molecule has 0 aliphatic carbocycles. The maximum absolute atomic E-state index is 13.9. The standard InChI is InChI=1S/C21H17F2N5O2/c22-15-4-5-17(18(23)11-15)19(12-24)27-21(30)14-2-1-3-16(10-14)26-20(29)6-8-28-9-7-25-13-28/h1-5,7,9-11,13,19H,6,8H2,(H,26,29)(H,27,30). The first kappa shape index (κ1) is 20.7. The molecule has 0 radical (unpaired) electrons. The van der Waals surface area contributed by atoms with Crippen LogP contribution in [-0.4, -0.2) is 21.4 Å². The molecule has 0 aliphatic rings.